The van der Waals surface area contributed by atoms with E-state index >= 15 is 0 Å². The Morgan fingerprint density at radius 1 is 1.35 bits per heavy atom. The van der Waals surface area contributed by atoms with Crippen molar-refractivity contribution in [2.75, 3.05) is 0 Å². The van der Waals surface area contributed by atoms with Crippen LogP contribution >= 0.6 is 0 Å². The van der Waals surface area contributed by atoms with Crippen LogP contribution in [-0.2, 0) is 4.79 Å². The van der Waals surface area contributed by atoms with E-state index in [0.29, 0.717) is 5.92 Å². The lowest BCUT2D eigenvalue weighted by atomic mass is 9.74. The standard InChI is InChI=1S/C14H20N2O4/c1-13(2,12(18)19)14(3,4)15-11(17)9-7-10(20-16-9)8-5-6-8/h7-8H,5-6H2,1-4H3,(H,15,17)(H,18,19). The molecule has 0 aromatic carbocycles. The van der Waals surface area contributed by atoms with Crippen LogP contribution in [0.25, 0.3) is 0 Å². The minimum absolute atomic E-state index is 0.196. The molecular formula is C14H20N2O4. The molecular weight excluding hydrogens is 260 g/mol. The second-order valence-corrected chi connectivity index (χ2v) is 6.40. The monoisotopic (exact) mass is 280 g/mol. The highest BCUT2D eigenvalue weighted by atomic mass is 16.5. The Morgan fingerprint density at radius 2 is 1.95 bits per heavy atom. The van der Waals surface area contributed by atoms with Gasteiger partial charge in [-0.15, -0.1) is 0 Å². The summed E-state index contributed by atoms with van der Waals surface area (Å²) in [5.74, 6) is -0.278. The predicted octanol–water partition coefficient (Wildman–Crippen LogP) is 2.17. The van der Waals surface area contributed by atoms with Gasteiger partial charge in [-0.05, 0) is 40.5 Å². The summed E-state index contributed by atoms with van der Waals surface area (Å²) in [4.78, 5) is 23.5. The Morgan fingerprint density at radius 3 is 2.45 bits per heavy atom. The highest BCUT2D eigenvalue weighted by Crippen LogP contribution is 2.40. The van der Waals surface area contributed by atoms with Gasteiger partial charge in [0.25, 0.3) is 5.91 Å². The number of amides is 1. The van der Waals surface area contributed by atoms with Crippen molar-refractivity contribution >= 4 is 11.9 Å². The zero-order valence-corrected chi connectivity index (χ0v) is 12.2. The molecule has 1 aliphatic carbocycles. The van der Waals surface area contributed by atoms with Crippen molar-refractivity contribution in [3.8, 4) is 0 Å². The number of aliphatic carboxylic acids is 1. The fourth-order valence-corrected chi connectivity index (χ4v) is 1.73. The van der Waals surface area contributed by atoms with Gasteiger partial charge in [0.1, 0.15) is 5.76 Å². The second-order valence-electron chi connectivity index (χ2n) is 6.40. The number of carboxylic acids is 1. The number of aromatic nitrogens is 1. The number of carbonyl (C=O) groups is 2. The fourth-order valence-electron chi connectivity index (χ4n) is 1.73. The largest absolute Gasteiger partial charge is 0.481 e. The molecule has 20 heavy (non-hydrogen) atoms. The Kier molecular flexibility index (Phi) is 3.36. The van der Waals surface area contributed by atoms with Crippen molar-refractivity contribution in [2.24, 2.45) is 5.41 Å². The van der Waals surface area contributed by atoms with E-state index in [-0.39, 0.29) is 5.69 Å². The summed E-state index contributed by atoms with van der Waals surface area (Å²) in [7, 11) is 0. The van der Waals surface area contributed by atoms with E-state index < -0.39 is 22.8 Å². The molecule has 0 aliphatic heterocycles. The molecule has 0 radical (unpaired) electrons. The van der Waals surface area contributed by atoms with E-state index in [2.05, 4.69) is 10.5 Å². The first kappa shape index (κ1) is 14.6. The Balaban J connectivity index is 2.11. The number of carboxylic acid groups (broad SMARTS) is 1. The second kappa shape index (κ2) is 4.61. The average Bonchev–Trinajstić information content (AvgIpc) is 3.05. The molecule has 1 aromatic rings. The van der Waals surface area contributed by atoms with Crippen LogP contribution in [0.4, 0.5) is 0 Å². The first-order valence-corrected chi connectivity index (χ1v) is 6.67. The topological polar surface area (TPSA) is 92.4 Å². The van der Waals surface area contributed by atoms with E-state index in [0.717, 1.165) is 18.6 Å². The molecule has 6 heteroatoms. The number of hydrogen-bond acceptors (Lipinski definition) is 4. The highest BCUT2D eigenvalue weighted by molar-refractivity contribution is 5.93. The molecule has 1 heterocycles. The van der Waals surface area contributed by atoms with Gasteiger partial charge in [0.2, 0.25) is 0 Å². The normalized spacial score (nSPS) is 16.0. The van der Waals surface area contributed by atoms with Crippen molar-refractivity contribution in [3.63, 3.8) is 0 Å². The van der Waals surface area contributed by atoms with Crippen molar-refractivity contribution in [1.82, 2.24) is 10.5 Å². The number of hydrogen-bond donors (Lipinski definition) is 2. The molecule has 0 unspecified atom stereocenters. The van der Waals surface area contributed by atoms with Gasteiger partial charge in [-0.3, -0.25) is 9.59 Å². The predicted molar refractivity (Wildman–Crippen MR) is 71.4 cm³/mol. The van der Waals surface area contributed by atoms with Crippen molar-refractivity contribution in [2.45, 2.75) is 52.0 Å². The first-order chi connectivity index (χ1) is 9.15. The fraction of sp³-hybridized carbons (Fsp3) is 0.643. The molecule has 2 rings (SSSR count). The maximum Gasteiger partial charge on any atom is 0.311 e. The quantitative estimate of drug-likeness (QED) is 0.862. The zero-order valence-electron chi connectivity index (χ0n) is 12.2. The third kappa shape index (κ3) is 2.55. The van der Waals surface area contributed by atoms with Gasteiger partial charge < -0.3 is 14.9 Å². The summed E-state index contributed by atoms with van der Waals surface area (Å²) >= 11 is 0. The van der Waals surface area contributed by atoms with E-state index in [1.807, 2.05) is 0 Å². The summed E-state index contributed by atoms with van der Waals surface area (Å²) in [6.45, 7) is 6.52. The van der Waals surface area contributed by atoms with Crippen molar-refractivity contribution in [3.05, 3.63) is 17.5 Å². The Bertz CT molecular complexity index is 541. The molecule has 0 atom stereocenters. The van der Waals surface area contributed by atoms with Crippen LogP contribution in [0.3, 0.4) is 0 Å². The molecule has 1 amide bonds. The Labute approximate surface area is 117 Å². The average molecular weight is 280 g/mol. The minimum atomic E-state index is -1.11. The summed E-state index contributed by atoms with van der Waals surface area (Å²) in [5.41, 5.74) is -1.83. The van der Waals surface area contributed by atoms with Gasteiger partial charge in [0, 0.05) is 12.0 Å². The van der Waals surface area contributed by atoms with E-state index in [1.165, 1.54) is 0 Å². The van der Waals surface area contributed by atoms with Gasteiger partial charge in [-0.1, -0.05) is 5.16 Å². The smallest absolute Gasteiger partial charge is 0.311 e. The van der Waals surface area contributed by atoms with Gasteiger partial charge in [-0.2, -0.15) is 0 Å². The maximum atomic E-state index is 12.2. The molecule has 1 saturated carbocycles. The van der Waals surface area contributed by atoms with Crippen LogP contribution in [0.2, 0.25) is 0 Å². The third-order valence-electron chi connectivity index (χ3n) is 4.26. The summed E-state index contributed by atoms with van der Waals surface area (Å²) in [6.07, 6.45) is 2.13. The molecule has 1 aliphatic rings. The lowest BCUT2D eigenvalue weighted by molar-refractivity contribution is -0.150. The van der Waals surface area contributed by atoms with Crippen LogP contribution in [0, 0.1) is 5.41 Å². The van der Waals surface area contributed by atoms with E-state index in [9.17, 15) is 14.7 Å². The van der Waals surface area contributed by atoms with Crippen molar-refractivity contribution < 1.29 is 19.2 Å². The zero-order chi connectivity index (χ0) is 15.1. The molecule has 110 valence electrons. The van der Waals surface area contributed by atoms with Crippen molar-refractivity contribution in [1.29, 1.82) is 0 Å². The summed E-state index contributed by atoms with van der Waals surface area (Å²) in [6, 6.07) is 1.64. The minimum Gasteiger partial charge on any atom is -0.481 e. The van der Waals surface area contributed by atoms with Crippen LogP contribution in [-0.4, -0.2) is 27.7 Å². The lowest BCUT2D eigenvalue weighted by Gasteiger charge is -2.38. The van der Waals surface area contributed by atoms with Gasteiger partial charge >= 0.3 is 5.97 Å². The van der Waals surface area contributed by atoms with E-state index in [1.54, 1.807) is 33.8 Å². The Hall–Kier alpha value is -1.85. The molecule has 2 N–H and O–H groups in total. The van der Waals surface area contributed by atoms with Crippen LogP contribution in [0.15, 0.2) is 10.6 Å². The van der Waals surface area contributed by atoms with Crippen LogP contribution < -0.4 is 5.32 Å². The number of nitrogens with one attached hydrogen (secondary N) is 1. The third-order valence-corrected chi connectivity index (χ3v) is 4.26. The molecule has 6 nitrogen and oxygen atoms in total. The SMILES string of the molecule is CC(C)(NC(=O)c1cc(C2CC2)on1)C(C)(C)C(=O)O. The summed E-state index contributed by atoms with van der Waals surface area (Å²) < 4.78 is 5.13. The molecule has 1 aromatic heterocycles. The maximum absolute atomic E-state index is 12.2. The molecule has 0 spiro atoms. The number of carbonyl (C=O) groups excluding carboxylic acids is 1. The van der Waals surface area contributed by atoms with Gasteiger partial charge in [0.15, 0.2) is 5.69 Å². The highest BCUT2D eigenvalue weighted by Gasteiger charge is 2.44. The van der Waals surface area contributed by atoms with Crippen LogP contribution in [0.5, 0.6) is 0 Å². The summed E-state index contributed by atoms with van der Waals surface area (Å²) in [5, 5.41) is 15.7. The number of nitrogens with zero attached hydrogens (tertiary/aromatic N) is 1. The first-order valence-electron chi connectivity index (χ1n) is 6.67. The molecule has 1 fully saturated rings. The van der Waals surface area contributed by atoms with Gasteiger partial charge in [0.05, 0.1) is 11.0 Å². The van der Waals surface area contributed by atoms with Crippen LogP contribution in [0.1, 0.15) is 62.7 Å². The lowest BCUT2D eigenvalue weighted by Crippen LogP contribution is -2.57. The molecule has 0 saturated heterocycles. The van der Waals surface area contributed by atoms with E-state index in [4.69, 9.17) is 4.52 Å². The molecule has 0 bridgehead atoms. The van der Waals surface area contributed by atoms with Gasteiger partial charge in [-0.25, -0.2) is 0 Å². The number of rotatable bonds is 5.